The molecule has 0 saturated carbocycles. The van der Waals surface area contributed by atoms with Gasteiger partial charge in [-0.3, -0.25) is 4.90 Å². The number of ether oxygens (including phenoxy) is 1. The summed E-state index contributed by atoms with van der Waals surface area (Å²) in [4.78, 5) is 11.6. The highest BCUT2D eigenvalue weighted by Crippen LogP contribution is 2.27. The molecule has 0 bridgehead atoms. The van der Waals surface area contributed by atoms with Crippen molar-refractivity contribution in [3.8, 4) is 22.9 Å². The number of phenolic OH excluding ortho intramolecular Hbond substituents is 1. The van der Waals surface area contributed by atoms with Gasteiger partial charge in [0, 0.05) is 55.0 Å². The van der Waals surface area contributed by atoms with Crippen molar-refractivity contribution in [3.63, 3.8) is 0 Å². The van der Waals surface area contributed by atoms with Crippen LogP contribution in [-0.2, 0) is 19.5 Å². The van der Waals surface area contributed by atoms with Crippen LogP contribution in [-0.4, -0.2) is 33.6 Å². The van der Waals surface area contributed by atoms with Crippen LogP contribution >= 0.6 is 0 Å². The molecular formula is C21H21N3O2. The van der Waals surface area contributed by atoms with Crippen LogP contribution in [0.4, 0.5) is 0 Å². The molecule has 1 aliphatic heterocycles. The number of hydrogen-bond donors (Lipinski definition) is 1. The SMILES string of the molecule is COc1ccc(CN2CCc3nc(-c4ccccc4)ncc3C2)c(O)c1. The Morgan fingerprint density at radius 3 is 2.77 bits per heavy atom. The van der Waals surface area contributed by atoms with E-state index in [1.807, 2.05) is 48.7 Å². The number of rotatable bonds is 4. The Balaban J connectivity index is 1.50. The summed E-state index contributed by atoms with van der Waals surface area (Å²) in [6, 6.07) is 15.5. The van der Waals surface area contributed by atoms with E-state index in [1.165, 1.54) is 0 Å². The van der Waals surface area contributed by atoms with Crippen LogP contribution in [0.25, 0.3) is 11.4 Å². The molecule has 0 atom stereocenters. The monoisotopic (exact) mass is 347 g/mol. The average Bonchev–Trinajstić information content (AvgIpc) is 2.69. The minimum atomic E-state index is 0.269. The highest BCUT2D eigenvalue weighted by Gasteiger charge is 2.20. The smallest absolute Gasteiger partial charge is 0.159 e. The minimum absolute atomic E-state index is 0.269. The van der Waals surface area contributed by atoms with E-state index in [4.69, 9.17) is 9.72 Å². The molecule has 1 aromatic heterocycles. The first-order chi connectivity index (χ1) is 12.7. The van der Waals surface area contributed by atoms with Gasteiger partial charge in [0.25, 0.3) is 0 Å². The van der Waals surface area contributed by atoms with Crippen molar-refractivity contribution in [2.24, 2.45) is 0 Å². The minimum Gasteiger partial charge on any atom is -0.507 e. The van der Waals surface area contributed by atoms with E-state index >= 15 is 0 Å². The van der Waals surface area contributed by atoms with Crippen molar-refractivity contribution in [3.05, 3.63) is 71.5 Å². The van der Waals surface area contributed by atoms with E-state index in [0.29, 0.717) is 12.3 Å². The van der Waals surface area contributed by atoms with E-state index < -0.39 is 0 Å². The third-order valence-electron chi connectivity index (χ3n) is 4.73. The summed E-state index contributed by atoms with van der Waals surface area (Å²) < 4.78 is 5.14. The lowest BCUT2D eigenvalue weighted by atomic mass is 10.1. The quantitative estimate of drug-likeness (QED) is 0.784. The zero-order valence-electron chi connectivity index (χ0n) is 14.7. The molecule has 0 radical (unpaired) electrons. The van der Waals surface area contributed by atoms with Gasteiger partial charge in [-0.15, -0.1) is 0 Å². The van der Waals surface area contributed by atoms with Crippen LogP contribution < -0.4 is 4.74 Å². The second-order valence-corrected chi connectivity index (χ2v) is 6.49. The number of methoxy groups -OCH3 is 1. The van der Waals surface area contributed by atoms with Crippen molar-refractivity contribution in [2.45, 2.75) is 19.5 Å². The van der Waals surface area contributed by atoms with E-state index in [2.05, 4.69) is 9.88 Å². The molecule has 2 heterocycles. The molecule has 0 spiro atoms. The molecule has 26 heavy (non-hydrogen) atoms. The van der Waals surface area contributed by atoms with E-state index in [0.717, 1.165) is 47.7 Å². The maximum Gasteiger partial charge on any atom is 0.159 e. The summed E-state index contributed by atoms with van der Waals surface area (Å²) in [5, 5.41) is 10.2. The molecule has 0 aliphatic carbocycles. The Hall–Kier alpha value is -2.92. The van der Waals surface area contributed by atoms with Crippen LogP contribution in [0.3, 0.4) is 0 Å². The largest absolute Gasteiger partial charge is 0.507 e. The van der Waals surface area contributed by atoms with Crippen molar-refractivity contribution in [2.75, 3.05) is 13.7 Å². The lowest BCUT2D eigenvalue weighted by molar-refractivity contribution is 0.239. The van der Waals surface area contributed by atoms with Gasteiger partial charge in [-0.25, -0.2) is 9.97 Å². The Bertz CT molecular complexity index is 912. The first-order valence-electron chi connectivity index (χ1n) is 8.71. The fourth-order valence-corrected chi connectivity index (χ4v) is 3.28. The zero-order chi connectivity index (χ0) is 17.9. The lowest BCUT2D eigenvalue weighted by Gasteiger charge is -2.28. The molecule has 0 amide bonds. The highest BCUT2D eigenvalue weighted by molar-refractivity contribution is 5.54. The van der Waals surface area contributed by atoms with Crippen molar-refractivity contribution in [1.29, 1.82) is 0 Å². The highest BCUT2D eigenvalue weighted by atomic mass is 16.5. The maximum atomic E-state index is 10.2. The number of aromatic nitrogens is 2. The molecule has 4 rings (SSSR count). The predicted molar refractivity (Wildman–Crippen MR) is 99.9 cm³/mol. The first-order valence-corrected chi connectivity index (χ1v) is 8.71. The molecule has 0 fully saturated rings. The number of aromatic hydroxyl groups is 1. The Morgan fingerprint density at radius 2 is 2.00 bits per heavy atom. The normalized spacial score (nSPS) is 14.0. The number of hydrogen-bond acceptors (Lipinski definition) is 5. The summed E-state index contributed by atoms with van der Waals surface area (Å²) in [5.74, 6) is 1.72. The second-order valence-electron chi connectivity index (χ2n) is 6.49. The van der Waals surface area contributed by atoms with E-state index in [-0.39, 0.29) is 5.75 Å². The molecule has 1 N–H and O–H groups in total. The fourth-order valence-electron chi connectivity index (χ4n) is 3.28. The molecule has 5 nitrogen and oxygen atoms in total. The molecule has 2 aromatic carbocycles. The lowest BCUT2D eigenvalue weighted by Crippen LogP contribution is -2.31. The molecular weight excluding hydrogens is 326 g/mol. The topological polar surface area (TPSA) is 58.5 Å². The zero-order valence-corrected chi connectivity index (χ0v) is 14.7. The predicted octanol–water partition coefficient (Wildman–Crippen LogP) is 3.42. The second kappa shape index (κ2) is 7.14. The van der Waals surface area contributed by atoms with E-state index in [9.17, 15) is 5.11 Å². The number of benzene rings is 2. The number of phenols is 1. The summed E-state index contributed by atoms with van der Waals surface area (Å²) in [5.41, 5.74) is 4.22. The van der Waals surface area contributed by atoms with Gasteiger partial charge in [-0.2, -0.15) is 0 Å². The van der Waals surface area contributed by atoms with Gasteiger partial charge >= 0.3 is 0 Å². The van der Waals surface area contributed by atoms with Crippen molar-refractivity contribution in [1.82, 2.24) is 14.9 Å². The van der Waals surface area contributed by atoms with Crippen LogP contribution in [0, 0.1) is 0 Å². The van der Waals surface area contributed by atoms with Crippen LogP contribution in [0.2, 0.25) is 0 Å². The standard InChI is InChI=1S/C21H21N3O2/c1-26-18-8-7-16(20(25)11-18)13-24-10-9-19-17(14-24)12-22-21(23-19)15-5-3-2-4-6-15/h2-8,11-12,25H,9-10,13-14H2,1H3. The summed E-state index contributed by atoms with van der Waals surface area (Å²) in [6.07, 6.45) is 2.82. The molecule has 1 aliphatic rings. The first kappa shape index (κ1) is 16.5. The van der Waals surface area contributed by atoms with Gasteiger partial charge in [0.15, 0.2) is 5.82 Å². The van der Waals surface area contributed by atoms with Gasteiger partial charge in [0.05, 0.1) is 12.8 Å². The number of fused-ring (bicyclic) bond motifs is 1. The molecule has 0 saturated heterocycles. The van der Waals surface area contributed by atoms with Gasteiger partial charge in [-0.1, -0.05) is 36.4 Å². The average molecular weight is 347 g/mol. The third-order valence-corrected chi connectivity index (χ3v) is 4.73. The fraction of sp³-hybridized carbons (Fsp3) is 0.238. The molecule has 0 unspecified atom stereocenters. The van der Waals surface area contributed by atoms with Gasteiger partial charge in [0.1, 0.15) is 11.5 Å². The van der Waals surface area contributed by atoms with Gasteiger partial charge in [-0.05, 0) is 6.07 Å². The maximum absolute atomic E-state index is 10.2. The summed E-state index contributed by atoms with van der Waals surface area (Å²) in [7, 11) is 1.60. The van der Waals surface area contributed by atoms with E-state index in [1.54, 1.807) is 13.2 Å². The third kappa shape index (κ3) is 3.39. The van der Waals surface area contributed by atoms with Crippen LogP contribution in [0.15, 0.2) is 54.7 Å². The Labute approximate surface area is 152 Å². The molecule has 3 aromatic rings. The molecule has 5 heteroatoms. The Kier molecular flexibility index (Phi) is 4.54. The van der Waals surface area contributed by atoms with Gasteiger partial charge in [0.2, 0.25) is 0 Å². The van der Waals surface area contributed by atoms with Crippen LogP contribution in [0.5, 0.6) is 11.5 Å². The van der Waals surface area contributed by atoms with Crippen molar-refractivity contribution >= 4 is 0 Å². The summed E-state index contributed by atoms with van der Waals surface area (Å²) >= 11 is 0. The van der Waals surface area contributed by atoms with Gasteiger partial charge < -0.3 is 9.84 Å². The Morgan fingerprint density at radius 1 is 1.15 bits per heavy atom. The number of nitrogens with zero attached hydrogens (tertiary/aromatic N) is 3. The molecule has 132 valence electrons. The summed E-state index contributed by atoms with van der Waals surface area (Å²) in [6.45, 7) is 2.38. The van der Waals surface area contributed by atoms with Crippen molar-refractivity contribution < 1.29 is 9.84 Å². The van der Waals surface area contributed by atoms with Crippen LogP contribution in [0.1, 0.15) is 16.8 Å².